The van der Waals surface area contributed by atoms with Gasteiger partial charge in [-0.25, -0.2) is 4.79 Å². The third-order valence-electron chi connectivity index (χ3n) is 4.20. The van der Waals surface area contributed by atoms with Gasteiger partial charge in [-0.05, 0) is 49.9 Å². The summed E-state index contributed by atoms with van der Waals surface area (Å²) in [6.45, 7) is 3.85. The molecule has 1 aromatic carbocycles. The van der Waals surface area contributed by atoms with Crippen molar-refractivity contribution in [3.8, 4) is 6.07 Å². The lowest BCUT2D eigenvalue weighted by Crippen LogP contribution is -2.16. The van der Waals surface area contributed by atoms with Crippen molar-refractivity contribution >= 4 is 28.2 Å². The molecule has 0 radical (unpaired) electrons. The fraction of sp³-hybridized carbons (Fsp3) is 0.316. The fourth-order valence-electron chi connectivity index (χ4n) is 2.47. The number of carbonyl (C=O) groups is 2. The number of anilines is 1. The van der Waals surface area contributed by atoms with Crippen molar-refractivity contribution in [2.24, 2.45) is 5.92 Å². The van der Waals surface area contributed by atoms with E-state index in [1.54, 1.807) is 24.3 Å². The zero-order valence-electron chi connectivity index (χ0n) is 14.1. The molecule has 1 amide bonds. The van der Waals surface area contributed by atoms with Crippen molar-refractivity contribution in [3.63, 3.8) is 0 Å². The number of aryl methyl sites for hydroxylation is 1. The molecular weight excluding hydrogens is 336 g/mol. The Kier molecular flexibility index (Phi) is 4.86. The Morgan fingerprint density at radius 2 is 2.12 bits per heavy atom. The largest absolute Gasteiger partial charge is 0.457 e. The van der Waals surface area contributed by atoms with Crippen LogP contribution in [-0.2, 0) is 16.1 Å². The van der Waals surface area contributed by atoms with Gasteiger partial charge in [-0.2, -0.15) is 5.26 Å². The first-order valence-corrected chi connectivity index (χ1v) is 8.88. The molecule has 1 aliphatic carbocycles. The standard InChI is InChI=1S/C19H18N2O3S/c1-11-12(2)25-18(21-17(22)15-6-7-15)16(11)19(23)24-10-14-5-3-4-13(8-14)9-20/h3-5,8,15H,6-7,10H2,1-2H3,(H,21,22). The predicted octanol–water partition coefficient (Wildman–Crippen LogP) is 3.94. The van der Waals surface area contributed by atoms with Crippen molar-refractivity contribution in [2.45, 2.75) is 33.3 Å². The summed E-state index contributed by atoms with van der Waals surface area (Å²) in [5.41, 5.74) is 2.52. The van der Waals surface area contributed by atoms with E-state index in [-0.39, 0.29) is 18.4 Å². The van der Waals surface area contributed by atoms with Gasteiger partial charge in [0.1, 0.15) is 11.6 Å². The van der Waals surface area contributed by atoms with E-state index in [9.17, 15) is 9.59 Å². The summed E-state index contributed by atoms with van der Waals surface area (Å²) >= 11 is 1.39. The third kappa shape index (κ3) is 3.89. The lowest BCUT2D eigenvalue weighted by molar-refractivity contribution is -0.117. The number of ether oxygens (including phenoxy) is 1. The number of nitrogens with one attached hydrogen (secondary N) is 1. The topological polar surface area (TPSA) is 79.2 Å². The number of nitrogens with zero attached hydrogens (tertiary/aromatic N) is 1. The van der Waals surface area contributed by atoms with Gasteiger partial charge in [0.25, 0.3) is 0 Å². The van der Waals surface area contributed by atoms with Gasteiger partial charge >= 0.3 is 5.97 Å². The van der Waals surface area contributed by atoms with E-state index in [0.29, 0.717) is 16.1 Å². The Hall–Kier alpha value is -2.65. The highest BCUT2D eigenvalue weighted by molar-refractivity contribution is 7.16. The van der Waals surface area contributed by atoms with Crippen molar-refractivity contribution in [3.05, 3.63) is 51.4 Å². The maximum absolute atomic E-state index is 12.6. The van der Waals surface area contributed by atoms with E-state index in [4.69, 9.17) is 10.00 Å². The van der Waals surface area contributed by atoms with E-state index in [0.717, 1.165) is 28.8 Å². The molecule has 6 heteroatoms. The molecule has 2 aromatic rings. The smallest absolute Gasteiger partial charge is 0.341 e. The van der Waals surface area contributed by atoms with Gasteiger partial charge in [-0.3, -0.25) is 4.79 Å². The minimum Gasteiger partial charge on any atom is -0.457 e. The number of carbonyl (C=O) groups excluding carboxylic acids is 2. The normalized spacial score (nSPS) is 13.2. The lowest BCUT2D eigenvalue weighted by atomic mass is 10.1. The fourth-order valence-corrected chi connectivity index (χ4v) is 3.52. The Balaban J connectivity index is 1.74. The molecule has 0 atom stereocenters. The van der Waals surface area contributed by atoms with Crippen LogP contribution in [0.2, 0.25) is 0 Å². The molecular formula is C19H18N2O3S. The van der Waals surface area contributed by atoms with Crippen LogP contribution in [0.3, 0.4) is 0 Å². The van der Waals surface area contributed by atoms with Crippen LogP contribution in [0.15, 0.2) is 24.3 Å². The van der Waals surface area contributed by atoms with Crippen LogP contribution in [0.5, 0.6) is 0 Å². The van der Waals surface area contributed by atoms with Gasteiger partial charge < -0.3 is 10.1 Å². The number of rotatable bonds is 5. The molecule has 128 valence electrons. The first-order valence-electron chi connectivity index (χ1n) is 8.06. The highest BCUT2D eigenvalue weighted by Crippen LogP contribution is 2.36. The lowest BCUT2D eigenvalue weighted by Gasteiger charge is -2.08. The summed E-state index contributed by atoms with van der Waals surface area (Å²) in [6, 6.07) is 9.00. The molecule has 3 rings (SSSR count). The number of hydrogen-bond acceptors (Lipinski definition) is 5. The van der Waals surface area contributed by atoms with E-state index < -0.39 is 5.97 Å². The van der Waals surface area contributed by atoms with Crippen molar-refractivity contribution < 1.29 is 14.3 Å². The summed E-state index contributed by atoms with van der Waals surface area (Å²) in [6.07, 6.45) is 1.81. The minimum absolute atomic E-state index is 0.0305. The van der Waals surface area contributed by atoms with Gasteiger partial charge in [0.15, 0.2) is 0 Å². The summed E-state index contributed by atoms with van der Waals surface area (Å²) in [5, 5.41) is 12.4. The van der Waals surface area contributed by atoms with E-state index in [1.807, 2.05) is 13.8 Å². The third-order valence-corrected chi connectivity index (χ3v) is 5.32. The van der Waals surface area contributed by atoms with Gasteiger partial charge in [0.05, 0.1) is 17.2 Å². The Labute approximate surface area is 150 Å². The number of esters is 1. The van der Waals surface area contributed by atoms with E-state index in [1.165, 1.54) is 11.3 Å². The van der Waals surface area contributed by atoms with Crippen LogP contribution in [0.1, 0.15) is 44.8 Å². The van der Waals surface area contributed by atoms with E-state index in [2.05, 4.69) is 11.4 Å². The van der Waals surface area contributed by atoms with E-state index >= 15 is 0 Å². The number of hydrogen-bond donors (Lipinski definition) is 1. The highest BCUT2D eigenvalue weighted by Gasteiger charge is 2.31. The molecule has 1 aromatic heterocycles. The van der Waals surface area contributed by atoms with Crippen molar-refractivity contribution in [1.29, 1.82) is 5.26 Å². The summed E-state index contributed by atoms with van der Waals surface area (Å²) in [7, 11) is 0. The first kappa shape index (κ1) is 17.2. The Morgan fingerprint density at radius 3 is 2.80 bits per heavy atom. The minimum atomic E-state index is -0.463. The average molecular weight is 354 g/mol. The maximum Gasteiger partial charge on any atom is 0.341 e. The molecule has 0 unspecified atom stereocenters. The molecule has 0 aliphatic heterocycles. The van der Waals surface area contributed by atoms with Crippen molar-refractivity contribution in [1.82, 2.24) is 0 Å². The summed E-state index contributed by atoms with van der Waals surface area (Å²) < 4.78 is 5.41. The highest BCUT2D eigenvalue weighted by atomic mass is 32.1. The SMILES string of the molecule is Cc1sc(NC(=O)C2CC2)c(C(=O)OCc2cccc(C#N)c2)c1C. The first-order chi connectivity index (χ1) is 12.0. The van der Waals surface area contributed by atoms with Crippen LogP contribution in [0.4, 0.5) is 5.00 Å². The number of amides is 1. The Bertz CT molecular complexity index is 875. The van der Waals surface area contributed by atoms with Crippen LogP contribution in [0.25, 0.3) is 0 Å². The van der Waals surface area contributed by atoms with Gasteiger partial charge in [0, 0.05) is 10.8 Å². The summed E-state index contributed by atoms with van der Waals surface area (Å²) in [4.78, 5) is 25.6. The zero-order chi connectivity index (χ0) is 18.0. The molecule has 1 N–H and O–H groups in total. The number of nitriles is 1. The van der Waals surface area contributed by atoms with Crippen LogP contribution < -0.4 is 5.32 Å². The maximum atomic E-state index is 12.6. The van der Waals surface area contributed by atoms with Crippen LogP contribution >= 0.6 is 11.3 Å². The molecule has 1 saturated carbocycles. The average Bonchev–Trinajstić information content (AvgIpc) is 3.41. The Morgan fingerprint density at radius 1 is 1.36 bits per heavy atom. The molecule has 0 spiro atoms. The number of thiophene rings is 1. The van der Waals surface area contributed by atoms with Crippen LogP contribution in [-0.4, -0.2) is 11.9 Å². The molecule has 0 saturated heterocycles. The van der Waals surface area contributed by atoms with Gasteiger partial charge in [-0.15, -0.1) is 11.3 Å². The second kappa shape index (κ2) is 7.08. The number of benzene rings is 1. The zero-order valence-corrected chi connectivity index (χ0v) is 14.9. The molecule has 0 bridgehead atoms. The molecule has 1 aliphatic rings. The second-order valence-electron chi connectivity index (χ2n) is 6.14. The monoisotopic (exact) mass is 354 g/mol. The van der Waals surface area contributed by atoms with Gasteiger partial charge in [-0.1, -0.05) is 12.1 Å². The van der Waals surface area contributed by atoms with Gasteiger partial charge in [0.2, 0.25) is 5.91 Å². The molecule has 1 heterocycles. The quantitative estimate of drug-likeness (QED) is 0.825. The van der Waals surface area contributed by atoms with Crippen LogP contribution in [0, 0.1) is 31.1 Å². The summed E-state index contributed by atoms with van der Waals surface area (Å²) in [5.74, 6) is -0.423. The second-order valence-corrected chi connectivity index (χ2v) is 7.36. The molecule has 5 nitrogen and oxygen atoms in total. The molecule has 25 heavy (non-hydrogen) atoms. The molecule has 1 fully saturated rings. The predicted molar refractivity (Wildman–Crippen MR) is 95.4 cm³/mol. The van der Waals surface area contributed by atoms with Crippen molar-refractivity contribution in [2.75, 3.05) is 5.32 Å².